The summed E-state index contributed by atoms with van der Waals surface area (Å²) in [5.74, 6) is -1.37. The quantitative estimate of drug-likeness (QED) is 0.834. The molecule has 0 radical (unpaired) electrons. The van der Waals surface area contributed by atoms with Crippen molar-refractivity contribution >= 4 is 16.0 Å². The van der Waals surface area contributed by atoms with E-state index in [2.05, 4.69) is 4.72 Å². The van der Waals surface area contributed by atoms with E-state index in [1.807, 2.05) is 0 Å². The number of hydrogen-bond acceptors (Lipinski definition) is 4. The summed E-state index contributed by atoms with van der Waals surface area (Å²) in [6.07, 6.45) is 0. The maximum atomic E-state index is 12.4. The van der Waals surface area contributed by atoms with Crippen LogP contribution in [-0.4, -0.2) is 31.4 Å². The van der Waals surface area contributed by atoms with E-state index in [0.717, 1.165) is 0 Å². The molecule has 0 heterocycles. The fraction of sp³-hybridized carbons (Fsp3) is 0.533. The SMILES string of the molecule is COc1ccc([C@H](NS(=O)(=O)C(C)(C)C)[C@@H](C)C(=O)O)cc1. The van der Waals surface area contributed by atoms with Gasteiger partial charge in [-0.3, -0.25) is 4.79 Å². The van der Waals surface area contributed by atoms with Crippen LogP contribution in [0.5, 0.6) is 5.75 Å². The smallest absolute Gasteiger partial charge is 0.308 e. The van der Waals surface area contributed by atoms with Gasteiger partial charge in [0.15, 0.2) is 0 Å². The number of aliphatic carboxylic acids is 1. The van der Waals surface area contributed by atoms with Crippen molar-refractivity contribution in [3.8, 4) is 5.75 Å². The van der Waals surface area contributed by atoms with Gasteiger partial charge >= 0.3 is 5.97 Å². The van der Waals surface area contributed by atoms with Crippen LogP contribution in [0.25, 0.3) is 0 Å². The Kier molecular flexibility index (Phi) is 5.59. The van der Waals surface area contributed by atoms with Gasteiger partial charge < -0.3 is 9.84 Å². The van der Waals surface area contributed by atoms with Gasteiger partial charge in [-0.25, -0.2) is 13.1 Å². The Morgan fingerprint density at radius 1 is 1.23 bits per heavy atom. The van der Waals surface area contributed by atoms with Gasteiger partial charge in [0.05, 0.1) is 23.8 Å². The average molecular weight is 329 g/mol. The van der Waals surface area contributed by atoms with Crippen LogP contribution in [0.2, 0.25) is 0 Å². The number of carboxylic acid groups (broad SMARTS) is 1. The standard InChI is InChI=1S/C15H23NO5S/c1-10(14(17)18)13(16-22(19,20)15(2,3)4)11-6-8-12(21-5)9-7-11/h6-10,13,16H,1-5H3,(H,17,18)/t10-,13-/m1/s1. The molecular formula is C15H23NO5S. The summed E-state index contributed by atoms with van der Waals surface area (Å²) in [7, 11) is -2.16. The first-order valence-electron chi connectivity index (χ1n) is 6.88. The number of nitrogens with one attached hydrogen (secondary N) is 1. The molecule has 1 rings (SSSR count). The molecule has 124 valence electrons. The van der Waals surface area contributed by atoms with Gasteiger partial charge in [-0.1, -0.05) is 19.1 Å². The van der Waals surface area contributed by atoms with Crippen molar-refractivity contribution in [2.24, 2.45) is 5.92 Å². The zero-order valence-electron chi connectivity index (χ0n) is 13.5. The summed E-state index contributed by atoms with van der Waals surface area (Å²) in [5, 5.41) is 9.25. The normalized spacial score (nSPS) is 15.1. The summed E-state index contributed by atoms with van der Waals surface area (Å²) in [6.45, 7) is 6.16. The van der Waals surface area contributed by atoms with E-state index < -0.39 is 32.7 Å². The Bertz CT molecular complexity index is 616. The molecular weight excluding hydrogens is 306 g/mol. The van der Waals surface area contributed by atoms with E-state index in [-0.39, 0.29) is 0 Å². The minimum absolute atomic E-state index is 0.573. The van der Waals surface area contributed by atoms with Crippen molar-refractivity contribution in [1.82, 2.24) is 4.72 Å². The van der Waals surface area contributed by atoms with Gasteiger partial charge in [0.2, 0.25) is 10.0 Å². The summed E-state index contributed by atoms with van der Waals surface area (Å²) in [6, 6.07) is 5.81. The fourth-order valence-corrected chi connectivity index (χ4v) is 2.78. The van der Waals surface area contributed by atoms with Crippen molar-refractivity contribution in [3.05, 3.63) is 29.8 Å². The molecule has 0 aliphatic carbocycles. The maximum absolute atomic E-state index is 12.4. The second kappa shape index (κ2) is 6.66. The van der Waals surface area contributed by atoms with Gasteiger partial charge in [-0.15, -0.1) is 0 Å². The molecule has 6 nitrogen and oxygen atoms in total. The molecule has 1 aromatic carbocycles. The van der Waals surface area contributed by atoms with Gasteiger partial charge in [0.25, 0.3) is 0 Å². The van der Waals surface area contributed by atoms with Gasteiger partial charge in [-0.2, -0.15) is 0 Å². The minimum atomic E-state index is -3.68. The molecule has 0 unspecified atom stereocenters. The second-order valence-electron chi connectivity index (χ2n) is 6.11. The Morgan fingerprint density at radius 2 is 1.73 bits per heavy atom. The first-order chi connectivity index (χ1) is 9.99. The van der Waals surface area contributed by atoms with Crippen LogP contribution >= 0.6 is 0 Å². The van der Waals surface area contributed by atoms with Crippen LogP contribution in [-0.2, 0) is 14.8 Å². The van der Waals surface area contributed by atoms with Gasteiger partial charge in [0.1, 0.15) is 5.75 Å². The molecule has 0 amide bonds. The average Bonchev–Trinajstić information content (AvgIpc) is 2.43. The highest BCUT2D eigenvalue weighted by Crippen LogP contribution is 2.27. The molecule has 0 aromatic heterocycles. The monoisotopic (exact) mass is 329 g/mol. The van der Waals surface area contributed by atoms with E-state index in [1.165, 1.54) is 14.0 Å². The lowest BCUT2D eigenvalue weighted by Gasteiger charge is -2.27. The molecule has 0 aliphatic rings. The van der Waals surface area contributed by atoms with Crippen molar-refractivity contribution in [2.75, 3.05) is 7.11 Å². The third-order valence-electron chi connectivity index (χ3n) is 3.45. The van der Waals surface area contributed by atoms with Crippen LogP contribution in [0, 0.1) is 5.92 Å². The van der Waals surface area contributed by atoms with E-state index in [1.54, 1.807) is 45.0 Å². The first-order valence-corrected chi connectivity index (χ1v) is 8.36. The van der Waals surface area contributed by atoms with Crippen LogP contribution in [0.1, 0.15) is 39.3 Å². The summed E-state index contributed by atoms with van der Waals surface area (Å²) >= 11 is 0. The topological polar surface area (TPSA) is 92.7 Å². The van der Waals surface area contributed by atoms with Crippen LogP contribution in [0.15, 0.2) is 24.3 Å². The lowest BCUT2D eigenvalue weighted by Crippen LogP contribution is -2.44. The van der Waals surface area contributed by atoms with E-state index in [9.17, 15) is 18.3 Å². The Hall–Kier alpha value is -1.60. The van der Waals surface area contributed by atoms with Gasteiger partial charge in [-0.05, 0) is 38.5 Å². The summed E-state index contributed by atoms with van der Waals surface area (Å²) < 4.78 is 31.3. The highest BCUT2D eigenvalue weighted by atomic mass is 32.2. The lowest BCUT2D eigenvalue weighted by atomic mass is 9.95. The number of carbonyl (C=O) groups is 1. The zero-order valence-corrected chi connectivity index (χ0v) is 14.3. The number of ether oxygens (including phenoxy) is 1. The molecule has 0 fully saturated rings. The predicted octanol–water partition coefficient (Wildman–Crippen LogP) is 2.17. The molecule has 0 bridgehead atoms. The number of sulfonamides is 1. The number of rotatable bonds is 6. The Labute approximate surface area is 131 Å². The summed E-state index contributed by atoms with van der Waals surface area (Å²) in [4.78, 5) is 11.3. The van der Waals surface area contributed by atoms with E-state index in [4.69, 9.17) is 4.74 Å². The van der Waals surface area contributed by atoms with Crippen molar-refractivity contribution in [3.63, 3.8) is 0 Å². The van der Waals surface area contributed by atoms with Crippen LogP contribution < -0.4 is 9.46 Å². The van der Waals surface area contributed by atoms with Crippen molar-refractivity contribution in [2.45, 2.75) is 38.5 Å². The highest BCUT2D eigenvalue weighted by molar-refractivity contribution is 7.90. The zero-order chi connectivity index (χ0) is 17.1. The third-order valence-corrected chi connectivity index (χ3v) is 5.63. The first kappa shape index (κ1) is 18.4. The fourth-order valence-electron chi connectivity index (χ4n) is 1.76. The number of carboxylic acids is 1. The van der Waals surface area contributed by atoms with Crippen molar-refractivity contribution in [1.29, 1.82) is 0 Å². The maximum Gasteiger partial charge on any atom is 0.308 e. The third kappa shape index (κ3) is 4.20. The molecule has 2 N–H and O–H groups in total. The molecule has 0 saturated carbocycles. The molecule has 0 saturated heterocycles. The molecule has 0 aliphatic heterocycles. The highest BCUT2D eigenvalue weighted by Gasteiger charge is 2.35. The van der Waals surface area contributed by atoms with Crippen LogP contribution in [0.4, 0.5) is 0 Å². The molecule has 0 spiro atoms. The number of hydrogen-bond donors (Lipinski definition) is 2. The molecule has 1 aromatic rings. The van der Waals surface area contributed by atoms with Crippen molar-refractivity contribution < 1.29 is 23.1 Å². The predicted molar refractivity (Wildman–Crippen MR) is 84.3 cm³/mol. The largest absolute Gasteiger partial charge is 0.497 e. The van der Waals surface area contributed by atoms with E-state index >= 15 is 0 Å². The number of methoxy groups -OCH3 is 1. The Balaban J connectivity index is 3.22. The van der Waals surface area contributed by atoms with Crippen LogP contribution in [0.3, 0.4) is 0 Å². The minimum Gasteiger partial charge on any atom is -0.497 e. The molecule has 22 heavy (non-hydrogen) atoms. The second-order valence-corrected chi connectivity index (χ2v) is 8.58. The number of benzene rings is 1. The summed E-state index contributed by atoms with van der Waals surface area (Å²) in [5.41, 5.74) is 0.573. The Morgan fingerprint density at radius 3 is 2.09 bits per heavy atom. The molecule has 7 heteroatoms. The lowest BCUT2D eigenvalue weighted by molar-refractivity contribution is -0.142. The van der Waals surface area contributed by atoms with E-state index in [0.29, 0.717) is 11.3 Å². The van der Waals surface area contributed by atoms with Gasteiger partial charge in [0, 0.05) is 0 Å². The molecule has 2 atom stereocenters.